The zero-order chi connectivity index (χ0) is 30.2. The summed E-state index contributed by atoms with van der Waals surface area (Å²) >= 11 is 0. The number of nitrogens with zero attached hydrogens (tertiary/aromatic N) is 3. The summed E-state index contributed by atoms with van der Waals surface area (Å²) in [5, 5.41) is 26.2. The molecule has 0 aliphatic carbocycles. The van der Waals surface area contributed by atoms with Gasteiger partial charge in [0.2, 0.25) is 0 Å². The van der Waals surface area contributed by atoms with Crippen molar-refractivity contribution < 1.29 is 0 Å². The molecule has 0 aliphatic rings. The van der Waals surface area contributed by atoms with Crippen molar-refractivity contribution in [1.82, 2.24) is 0 Å². The molecular formula is C38H35N3. The minimum Gasteiger partial charge on any atom is -0.198 e. The first-order chi connectivity index (χ1) is 19.7. The predicted molar refractivity (Wildman–Crippen MR) is 172 cm³/mol. The van der Waals surface area contributed by atoms with Crippen LogP contribution in [0.4, 0.5) is 0 Å². The van der Waals surface area contributed by atoms with Gasteiger partial charge in [-0.1, -0.05) is 110 Å². The smallest absolute Gasteiger partial charge is 0.0944 e. The molecule has 0 fully saturated rings. The summed E-state index contributed by atoms with van der Waals surface area (Å²) in [4.78, 5) is 0. The Morgan fingerprint density at radius 2 is 1.15 bits per heavy atom. The van der Waals surface area contributed by atoms with Crippen molar-refractivity contribution in [3.05, 3.63) is 161 Å². The lowest BCUT2D eigenvalue weighted by Crippen LogP contribution is -1.91. The zero-order valence-corrected chi connectivity index (χ0v) is 24.1. The van der Waals surface area contributed by atoms with Gasteiger partial charge in [-0.3, -0.25) is 0 Å². The van der Waals surface area contributed by atoms with Crippen LogP contribution in [-0.4, -0.2) is 0 Å². The molecule has 0 bridgehead atoms. The molecule has 41 heavy (non-hydrogen) atoms. The second kappa shape index (κ2) is 16.5. The van der Waals surface area contributed by atoms with Crippen LogP contribution in [0.1, 0.15) is 53.6 Å². The predicted octanol–water partition coefficient (Wildman–Crippen LogP) is 9.72. The van der Waals surface area contributed by atoms with Gasteiger partial charge in [-0.05, 0) is 83.9 Å². The van der Waals surface area contributed by atoms with Crippen LogP contribution in [0.2, 0.25) is 0 Å². The largest absolute Gasteiger partial charge is 0.198 e. The topological polar surface area (TPSA) is 71.4 Å². The van der Waals surface area contributed by atoms with Crippen molar-refractivity contribution in [3.63, 3.8) is 0 Å². The number of aryl methyl sites for hydroxylation is 1. The quantitative estimate of drug-likeness (QED) is 0.203. The van der Waals surface area contributed by atoms with Crippen molar-refractivity contribution in [3.8, 4) is 18.2 Å². The standard InChI is InChI=1S/C25H22N2.C13H13N/c1-19(18-27)14-21(3)25-12-7-10-23(17-25)15-22-9-6-11-24(16-22)20(2)8-4-5-13-26;1-10-5-4-6-13(8-10)12(3)7-11(2)9-14/h4,6-12,14,16-17H,2-3,5,15H2,1H3;4-8H,3H2,1-2H3/b8-4-,19-14+;11-7+. The summed E-state index contributed by atoms with van der Waals surface area (Å²) in [6.07, 6.45) is 8.49. The fraction of sp³-hybridized carbons (Fsp3) is 0.132. The maximum absolute atomic E-state index is 8.93. The first-order valence-electron chi connectivity index (χ1n) is 13.2. The highest BCUT2D eigenvalue weighted by Gasteiger charge is 2.03. The average Bonchev–Trinajstić information content (AvgIpc) is 2.97. The summed E-state index contributed by atoms with van der Waals surface area (Å²) < 4.78 is 0. The lowest BCUT2D eigenvalue weighted by molar-refractivity contribution is 1.19. The molecule has 0 aliphatic heterocycles. The van der Waals surface area contributed by atoms with Gasteiger partial charge in [0.05, 0.1) is 24.6 Å². The SMILES string of the molecule is C=C(/C=C(\C)C#N)c1cccc(C)c1.C=C(/C=C\CC#N)c1cccc(Cc2cccc(C(=C)/C=C(\C)C#N)c2)c1. The molecule has 0 atom stereocenters. The highest BCUT2D eigenvalue weighted by atomic mass is 14.2. The maximum atomic E-state index is 8.93. The number of hydrogen-bond acceptors (Lipinski definition) is 3. The van der Waals surface area contributed by atoms with Gasteiger partial charge >= 0.3 is 0 Å². The molecule has 0 saturated carbocycles. The van der Waals surface area contributed by atoms with Crippen LogP contribution in [-0.2, 0) is 6.42 Å². The molecule has 0 amide bonds. The van der Waals surface area contributed by atoms with Crippen LogP contribution in [0.3, 0.4) is 0 Å². The van der Waals surface area contributed by atoms with Gasteiger partial charge in [-0.25, -0.2) is 0 Å². The maximum Gasteiger partial charge on any atom is 0.0944 e. The second-order valence-corrected chi connectivity index (χ2v) is 9.67. The lowest BCUT2D eigenvalue weighted by Gasteiger charge is -2.08. The molecule has 0 spiro atoms. The molecule has 0 saturated heterocycles. The highest BCUT2D eigenvalue weighted by molar-refractivity contribution is 5.75. The third kappa shape index (κ3) is 11.1. The first-order valence-corrected chi connectivity index (χ1v) is 13.2. The van der Waals surface area contributed by atoms with E-state index < -0.39 is 0 Å². The number of benzene rings is 3. The molecule has 0 heterocycles. The Labute approximate surface area is 245 Å². The molecule has 0 radical (unpaired) electrons. The average molecular weight is 534 g/mol. The molecular weight excluding hydrogens is 498 g/mol. The first kappa shape index (κ1) is 31.8. The molecule has 0 N–H and O–H groups in total. The second-order valence-electron chi connectivity index (χ2n) is 9.67. The Balaban J connectivity index is 0.000000353. The van der Waals surface area contributed by atoms with Crippen molar-refractivity contribution in [2.75, 3.05) is 0 Å². The third-order valence-electron chi connectivity index (χ3n) is 6.06. The molecule has 0 unspecified atom stereocenters. The van der Waals surface area contributed by atoms with Crippen LogP contribution in [0.25, 0.3) is 16.7 Å². The van der Waals surface area contributed by atoms with E-state index in [4.69, 9.17) is 15.8 Å². The van der Waals surface area contributed by atoms with Crippen molar-refractivity contribution in [2.45, 2.75) is 33.6 Å². The zero-order valence-electron chi connectivity index (χ0n) is 24.1. The van der Waals surface area contributed by atoms with Gasteiger partial charge in [0.25, 0.3) is 0 Å². The third-order valence-corrected chi connectivity index (χ3v) is 6.06. The Hall–Kier alpha value is -5.43. The lowest BCUT2D eigenvalue weighted by atomic mass is 9.97. The molecule has 3 heteroatoms. The van der Waals surface area contributed by atoms with Gasteiger partial charge in [0.15, 0.2) is 0 Å². The van der Waals surface area contributed by atoms with Gasteiger partial charge in [-0.15, -0.1) is 0 Å². The van der Waals surface area contributed by atoms with E-state index in [1.807, 2.05) is 61.5 Å². The van der Waals surface area contributed by atoms with Crippen LogP contribution >= 0.6 is 0 Å². The molecule has 3 rings (SSSR count). The Morgan fingerprint density at radius 1 is 0.683 bits per heavy atom. The monoisotopic (exact) mass is 533 g/mol. The van der Waals surface area contributed by atoms with Crippen molar-refractivity contribution >= 4 is 16.7 Å². The number of allylic oxidation sites excluding steroid dienone is 9. The van der Waals surface area contributed by atoms with Crippen LogP contribution in [0.15, 0.2) is 128 Å². The summed E-state index contributed by atoms with van der Waals surface area (Å²) in [6.45, 7) is 17.7. The van der Waals surface area contributed by atoms with E-state index in [1.54, 1.807) is 26.0 Å². The fourth-order valence-electron chi connectivity index (χ4n) is 3.95. The van der Waals surface area contributed by atoms with E-state index >= 15 is 0 Å². The van der Waals surface area contributed by atoms with Crippen LogP contribution < -0.4 is 0 Å². The fourth-order valence-corrected chi connectivity index (χ4v) is 3.95. The van der Waals surface area contributed by atoms with Crippen LogP contribution in [0, 0.1) is 40.9 Å². The van der Waals surface area contributed by atoms with Crippen molar-refractivity contribution in [1.29, 1.82) is 15.8 Å². The Kier molecular flexibility index (Phi) is 12.8. The van der Waals surface area contributed by atoms with Gasteiger partial charge in [-0.2, -0.15) is 15.8 Å². The summed E-state index contributed by atoms with van der Waals surface area (Å²) in [7, 11) is 0. The number of rotatable bonds is 9. The minimum atomic E-state index is 0.384. The van der Waals surface area contributed by atoms with Crippen LogP contribution in [0.5, 0.6) is 0 Å². The minimum absolute atomic E-state index is 0.384. The van der Waals surface area contributed by atoms with Gasteiger partial charge < -0.3 is 0 Å². The normalized spacial score (nSPS) is 10.9. The summed E-state index contributed by atoms with van der Waals surface area (Å²) in [5.41, 5.74) is 10.6. The van der Waals surface area contributed by atoms with Gasteiger partial charge in [0.1, 0.15) is 0 Å². The Morgan fingerprint density at radius 3 is 1.61 bits per heavy atom. The highest BCUT2D eigenvalue weighted by Crippen LogP contribution is 2.21. The van der Waals surface area contributed by atoms with Crippen molar-refractivity contribution in [2.24, 2.45) is 0 Å². The van der Waals surface area contributed by atoms with E-state index in [-0.39, 0.29) is 0 Å². The molecule has 0 aromatic heterocycles. The van der Waals surface area contributed by atoms with E-state index in [1.165, 1.54) is 16.7 Å². The summed E-state index contributed by atoms with van der Waals surface area (Å²) in [6, 6.07) is 30.9. The molecule has 3 aromatic rings. The van der Waals surface area contributed by atoms with E-state index in [0.29, 0.717) is 17.6 Å². The van der Waals surface area contributed by atoms with E-state index in [0.717, 1.165) is 39.8 Å². The molecule has 3 aromatic carbocycles. The summed E-state index contributed by atoms with van der Waals surface area (Å²) in [5.74, 6) is 0. The molecule has 3 nitrogen and oxygen atoms in total. The molecule has 202 valence electrons. The number of nitriles is 3. The van der Waals surface area contributed by atoms with E-state index in [9.17, 15) is 0 Å². The van der Waals surface area contributed by atoms with E-state index in [2.05, 4.69) is 68.3 Å². The van der Waals surface area contributed by atoms with Gasteiger partial charge in [0, 0.05) is 11.1 Å². The number of hydrogen-bond donors (Lipinski definition) is 0. The Bertz CT molecular complexity index is 1640.